The highest BCUT2D eigenvalue weighted by molar-refractivity contribution is 6.40. The van der Waals surface area contributed by atoms with Crippen molar-refractivity contribution in [2.24, 2.45) is 0 Å². The number of benzene rings is 1. The summed E-state index contributed by atoms with van der Waals surface area (Å²) >= 11 is 0. The van der Waals surface area contributed by atoms with Crippen LogP contribution >= 0.6 is 0 Å². The van der Waals surface area contributed by atoms with Crippen LogP contribution in [-0.2, 0) is 20.7 Å². The van der Waals surface area contributed by atoms with E-state index in [0.717, 1.165) is 24.1 Å². The molecule has 0 bridgehead atoms. The average Bonchev–Trinajstić information content (AvgIpc) is 2.66. The fourth-order valence-corrected chi connectivity index (χ4v) is 3.30. The summed E-state index contributed by atoms with van der Waals surface area (Å²) in [6.45, 7) is 4.10. The van der Waals surface area contributed by atoms with E-state index >= 15 is 0 Å². The van der Waals surface area contributed by atoms with E-state index in [4.69, 9.17) is 4.74 Å². The molecule has 7 nitrogen and oxygen atoms in total. The number of hydrogen-bond acceptors (Lipinski definition) is 4. The van der Waals surface area contributed by atoms with Gasteiger partial charge in [-0.3, -0.25) is 9.59 Å². The van der Waals surface area contributed by atoms with Gasteiger partial charge in [-0.15, -0.1) is 0 Å². The molecular weight excluding hydrogens is 322 g/mol. The van der Waals surface area contributed by atoms with Crippen molar-refractivity contribution >= 4 is 23.6 Å². The molecule has 0 aromatic heterocycles. The summed E-state index contributed by atoms with van der Waals surface area (Å²) in [7, 11) is 0. The van der Waals surface area contributed by atoms with Gasteiger partial charge >= 0.3 is 17.9 Å². The molecule has 2 aliphatic rings. The van der Waals surface area contributed by atoms with Crippen molar-refractivity contribution in [1.82, 2.24) is 9.80 Å². The van der Waals surface area contributed by atoms with Crippen LogP contribution in [0.25, 0.3) is 0 Å². The van der Waals surface area contributed by atoms with Crippen LogP contribution in [0, 0.1) is 0 Å². The molecule has 2 aliphatic heterocycles. The molecule has 1 saturated heterocycles. The second-order valence-corrected chi connectivity index (χ2v) is 6.17. The van der Waals surface area contributed by atoms with Gasteiger partial charge in [0.15, 0.2) is 0 Å². The number of piperazine rings is 1. The molecule has 3 amide bonds. The summed E-state index contributed by atoms with van der Waals surface area (Å²) in [6, 6.07) is 7.71. The standard InChI is InChI=1S/C18H23N3O4/c1-2-25-18(24)20-12-10-19(11-13-20)16(22)17(23)21-9-5-7-14-6-3-4-8-15(14)21/h3-4,6,8H,2,5,7,9-13H2,1H3. The van der Waals surface area contributed by atoms with Gasteiger partial charge in [0, 0.05) is 38.4 Å². The Balaban J connectivity index is 1.63. The quantitative estimate of drug-likeness (QED) is 0.719. The predicted octanol–water partition coefficient (Wildman–Crippen LogP) is 1.27. The first-order valence-electron chi connectivity index (χ1n) is 8.72. The molecule has 25 heavy (non-hydrogen) atoms. The molecule has 0 radical (unpaired) electrons. The number of para-hydroxylation sites is 1. The van der Waals surface area contributed by atoms with Crippen molar-refractivity contribution in [1.29, 1.82) is 0 Å². The zero-order valence-electron chi connectivity index (χ0n) is 14.4. The van der Waals surface area contributed by atoms with Gasteiger partial charge in [0.2, 0.25) is 0 Å². The first-order chi connectivity index (χ1) is 12.1. The van der Waals surface area contributed by atoms with Gasteiger partial charge < -0.3 is 19.4 Å². The van der Waals surface area contributed by atoms with E-state index in [1.54, 1.807) is 16.7 Å². The minimum atomic E-state index is -0.500. The fraction of sp³-hybridized carbons (Fsp3) is 0.500. The zero-order chi connectivity index (χ0) is 17.8. The molecule has 0 unspecified atom stereocenters. The van der Waals surface area contributed by atoms with Crippen LogP contribution in [-0.4, -0.2) is 67.0 Å². The van der Waals surface area contributed by atoms with Crippen molar-refractivity contribution in [2.75, 3.05) is 44.2 Å². The third-order valence-electron chi connectivity index (χ3n) is 4.63. The largest absolute Gasteiger partial charge is 0.450 e. The van der Waals surface area contributed by atoms with E-state index < -0.39 is 11.8 Å². The average molecular weight is 345 g/mol. The maximum absolute atomic E-state index is 12.7. The summed E-state index contributed by atoms with van der Waals surface area (Å²) in [5, 5.41) is 0. The van der Waals surface area contributed by atoms with E-state index in [9.17, 15) is 14.4 Å². The lowest BCUT2D eigenvalue weighted by Crippen LogP contribution is -2.55. The van der Waals surface area contributed by atoms with Crippen molar-refractivity contribution in [3.63, 3.8) is 0 Å². The van der Waals surface area contributed by atoms with Crippen molar-refractivity contribution < 1.29 is 19.1 Å². The number of rotatable bonds is 1. The number of hydrogen-bond donors (Lipinski definition) is 0. The highest BCUT2D eigenvalue weighted by Crippen LogP contribution is 2.27. The van der Waals surface area contributed by atoms with E-state index in [1.165, 1.54) is 4.90 Å². The molecule has 1 aromatic carbocycles. The van der Waals surface area contributed by atoms with Gasteiger partial charge in [0.05, 0.1) is 6.61 Å². The van der Waals surface area contributed by atoms with Crippen molar-refractivity contribution in [3.8, 4) is 0 Å². The Hall–Kier alpha value is -2.57. The fourth-order valence-electron chi connectivity index (χ4n) is 3.30. The molecule has 0 spiro atoms. The normalized spacial score (nSPS) is 17.1. The Morgan fingerprint density at radius 3 is 2.36 bits per heavy atom. The van der Waals surface area contributed by atoms with Crippen LogP contribution in [0.5, 0.6) is 0 Å². The van der Waals surface area contributed by atoms with Crippen molar-refractivity contribution in [2.45, 2.75) is 19.8 Å². The molecule has 0 N–H and O–H groups in total. The van der Waals surface area contributed by atoms with Crippen molar-refractivity contribution in [3.05, 3.63) is 29.8 Å². The molecule has 1 aromatic rings. The molecule has 2 heterocycles. The zero-order valence-corrected chi connectivity index (χ0v) is 14.4. The second kappa shape index (κ2) is 7.55. The molecule has 7 heteroatoms. The number of carbonyl (C=O) groups excluding carboxylic acids is 3. The van der Waals surface area contributed by atoms with E-state index in [1.807, 2.05) is 24.3 Å². The number of aryl methyl sites for hydroxylation is 1. The Labute approximate surface area is 147 Å². The predicted molar refractivity (Wildman–Crippen MR) is 92.3 cm³/mol. The summed E-state index contributed by atoms with van der Waals surface area (Å²) in [5.41, 5.74) is 1.93. The van der Waals surface area contributed by atoms with Crippen LogP contribution in [0.2, 0.25) is 0 Å². The van der Waals surface area contributed by atoms with Crippen LogP contribution in [0.3, 0.4) is 0 Å². The Kier molecular flexibility index (Phi) is 5.21. The summed E-state index contributed by atoms with van der Waals surface area (Å²) in [5.74, 6) is -0.989. The van der Waals surface area contributed by atoms with Gasteiger partial charge in [-0.1, -0.05) is 18.2 Å². The van der Waals surface area contributed by atoms with E-state index in [-0.39, 0.29) is 6.09 Å². The smallest absolute Gasteiger partial charge is 0.409 e. The first kappa shape index (κ1) is 17.3. The monoisotopic (exact) mass is 345 g/mol. The van der Waals surface area contributed by atoms with E-state index in [2.05, 4.69) is 0 Å². The second-order valence-electron chi connectivity index (χ2n) is 6.17. The summed E-state index contributed by atoms with van der Waals surface area (Å²) < 4.78 is 4.97. The van der Waals surface area contributed by atoms with Crippen LogP contribution in [0.15, 0.2) is 24.3 Å². The number of amides is 3. The molecular formula is C18H23N3O4. The highest BCUT2D eigenvalue weighted by Gasteiger charge is 2.33. The minimum absolute atomic E-state index is 0.324. The van der Waals surface area contributed by atoms with Crippen LogP contribution < -0.4 is 4.90 Å². The SMILES string of the molecule is CCOC(=O)N1CCN(C(=O)C(=O)N2CCCc3ccccc32)CC1. The third kappa shape index (κ3) is 3.60. The van der Waals surface area contributed by atoms with Gasteiger partial charge in [0.1, 0.15) is 0 Å². The molecule has 0 saturated carbocycles. The third-order valence-corrected chi connectivity index (χ3v) is 4.63. The lowest BCUT2D eigenvalue weighted by atomic mass is 10.0. The molecule has 134 valence electrons. The van der Waals surface area contributed by atoms with Gasteiger partial charge in [-0.2, -0.15) is 0 Å². The van der Waals surface area contributed by atoms with Crippen LogP contribution in [0.4, 0.5) is 10.5 Å². The van der Waals surface area contributed by atoms with Gasteiger partial charge in [-0.05, 0) is 31.4 Å². The lowest BCUT2D eigenvalue weighted by molar-refractivity contribution is -0.145. The summed E-state index contributed by atoms with van der Waals surface area (Å²) in [6.07, 6.45) is 1.41. The Morgan fingerprint density at radius 2 is 1.64 bits per heavy atom. The maximum atomic E-state index is 12.7. The number of fused-ring (bicyclic) bond motifs is 1. The lowest BCUT2D eigenvalue weighted by Gasteiger charge is -2.35. The summed E-state index contributed by atoms with van der Waals surface area (Å²) in [4.78, 5) is 41.7. The first-order valence-corrected chi connectivity index (χ1v) is 8.72. The minimum Gasteiger partial charge on any atom is -0.450 e. The van der Waals surface area contributed by atoms with Gasteiger partial charge in [0.25, 0.3) is 0 Å². The molecule has 3 rings (SSSR count). The Bertz CT molecular complexity index is 668. The molecule has 0 atom stereocenters. The molecule has 0 aliphatic carbocycles. The van der Waals surface area contributed by atoms with E-state index in [0.29, 0.717) is 39.3 Å². The number of nitrogens with zero attached hydrogens (tertiary/aromatic N) is 3. The highest BCUT2D eigenvalue weighted by atomic mass is 16.6. The topological polar surface area (TPSA) is 70.2 Å². The molecule has 1 fully saturated rings. The number of anilines is 1. The van der Waals surface area contributed by atoms with Crippen LogP contribution in [0.1, 0.15) is 18.9 Å². The number of carbonyl (C=O) groups is 3. The Morgan fingerprint density at radius 1 is 0.960 bits per heavy atom. The van der Waals surface area contributed by atoms with Gasteiger partial charge in [-0.25, -0.2) is 4.79 Å². The maximum Gasteiger partial charge on any atom is 0.409 e. The number of ether oxygens (including phenoxy) is 1.